The van der Waals surface area contributed by atoms with Crippen molar-refractivity contribution >= 4 is 12.2 Å². The Labute approximate surface area is 151 Å². The first kappa shape index (κ1) is 17.6. The van der Waals surface area contributed by atoms with Gasteiger partial charge in [-0.15, -0.1) is 0 Å². The van der Waals surface area contributed by atoms with E-state index in [1.807, 2.05) is 66.7 Å². The van der Waals surface area contributed by atoms with E-state index in [0.717, 1.165) is 11.1 Å². The van der Waals surface area contributed by atoms with Crippen LogP contribution in [0.2, 0.25) is 0 Å². The number of rotatable bonds is 5. The number of aliphatic hydroxyl groups is 1. The SMILES string of the molecule is Cn1c(=Cc2ccccc2)c(OCCO)nc(=Cc2ccccc2)c1=O. The first-order chi connectivity index (χ1) is 12.7. The Morgan fingerprint density at radius 2 is 1.58 bits per heavy atom. The maximum absolute atomic E-state index is 12.8. The molecule has 5 heteroatoms. The van der Waals surface area contributed by atoms with Crippen LogP contribution in [-0.2, 0) is 7.05 Å². The second-order valence-corrected chi connectivity index (χ2v) is 5.73. The van der Waals surface area contributed by atoms with E-state index < -0.39 is 0 Å². The molecule has 5 nitrogen and oxygen atoms in total. The second-order valence-electron chi connectivity index (χ2n) is 5.73. The second kappa shape index (κ2) is 8.27. The van der Waals surface area contributed by atoms with E-state index in [1.165, 1.54) is 4.57 Å². The first-order valence-corrected chi connectivity index (χ1v) is 8.33. The van der Waals surface area contributed by atoms with E-state index >= 15 is 0 Å². The summed E-state index contributed by atoms with van der Waals surface area (Å²) in [5.41, 5.74) is 1.59. The molecule has 0 saturated heterocycles. The van der Waals surface area contributed by atoms with Gasteiger partial charge in [0.2, 0.25) is 5.88 Å². The standard InChI is InChI=1S/C21H20N2O3/c1-23-19(15-17-10-6-3-7-11-17)20(26-13-12-24)22-18(21(23)25)14-16-8-4-2-5-9-16/h2-11,14-15,24H,12-13H2,1H3. The summed E-state index contributed by atoms with van der Waals surface area (Å²) in [4.78, 5) is 17.2. The fourth-order valence-corrected chi connectivity index (χ4v) is 2.55. The molecule has 3 rings (SSSR count). The average Bonchev–Trinajstić information content (AvgIpc) is 2.68. The number of hydrogen-bond acceptors (Lipinski definition) is 4. The van der Waals surface area contributed by atoms with Crippen LogP contribution in [0, 0.1) is 0 Å². The fourth-order valence-electron chi connectivity index (χ4n) is 2.55. The summed E-state index contributed by atoms with van der Waals surface area (Å²) in [6.07, 6.45) is 3.56. The van der Waals surface area contributed by atoms with Gasteiger partial charge in [-0.2, -0.15) is 0 Å². The topological polar surface area (TPSA) is 64.3 Å². The summed E-state index contributed by atoms with van der Waals surface area (Å²) < 4.78 is 7.12. The lowest BCUT2D eigenvalue weighted by Crippen LogP contribution is -2.44. The van der Waals surface area contributed by atoms with Gasteiger partial charge in [-0.25, -0.2) is 4.98 Å². The summed E-state index contributed by atoms with van der Waals surface area (Å²) in [6.45, 7) is -0.0291. The van der Waals surface area contributed by atoms with Crippen LogP contribution in [0.4, 0.5) is 0 Å². The molecule has 1 aromatic heterocycles. The molecule has 0 unspecified atom stereocenters. The lowest BCUT2D eigenvalue weighted by atomic mass is 10.2. The van der Waals surface area contributed by atoms with Crippen LogP contribution in [0.25, 0.3) is 12.2 Å². The molecule has 132 valence electrons. The van der Waals surface area contributed by atoms with Gasteiger partial charge in [0.25, 0.3) is 5.56 Å². The third-order valence-electron chi connectivity index (χ3n) is 3.86. The lowest BCUT2D eigenvalue weighted by molar-refractivity contribution is 0.194. The van der Waals surface area contributed by atoms with Gasteiger partial charge in [-0.3, -0.25) is 4.79 Å². The smallest absolute Gasteiger partial charge is 0.276 e. The minimum absolute atomic E-state index is 0.103. The van der Waals surface area contributed by atoms with Crippen LogP contribution < -0.4 is 21.0 Å². The van der Waals surface area contributed by atoms with Crippen molar-refractivity contribution in [3.05, 3.63) is 92.8 Å². The normalized spacial score (nSPS) is 12.4. The molecule has 26 heavy (non-hydrogen) atoms. The molecule has 0 radical (unpaired) electrons. The van der Waals surface area contributed by atoms with Crippen molar-refractivity contribution in [1.29, 1.82) is 0 Å². The molecule has 0 aliphatic rings. The van der Waals surface area contributed by atoms with Gasteiger partial charge in [0.1, 0.15) is 17.3 Å². The third kappa shape index (κ3) is 4.07. The summed E-state index contributed by atoms with van der Waals surface area (Å²) in [7, 11) is 1.69. The van der Waals surface area contributed by atoms with Gasteiger partial charge in [0.05, 0.1) is 6.61 Å². The predicted octanol–water partition coefficient (Wildman–Crippen LogP) is 0.809. The van der Waals surface area contributed by atoms with E-state index in [1.54, 1.807) is 13.1 Å². The van der Waals surface area contributed by atoms with E-state index in [9.17, 15) is 4.79 Å². The Morgan fingerprint density at radius 1 is 1.00 bits per heavy atom. The Bertz CT molecular complexity index is 1040. The molecule has 0 spiro atoms. The molecular weight excluding hydrogens is 328 g/mol. The monoisotopic (exact) mass is 348 g/mol. The molecule has 0 aliphatic heterocycles. The average molecular weight is 348 g/mol. The Morgan fingerprint density at radius 3 is 2.15 bits per heavy atom. The summed E-state index contributed by atoms with van der Waals surface area (Å²) in [5, 5.41) is 9.94. The summed E-state index contributed by atoms with van der Waals surface area (Å²) in [5.74, 6) is 0.312. The first-order valence-electron chi connectivity index (χ1n) is 8.33. The van der Waals surface area contributed by atoms with Crippen molar-refractivity contribution < 1.29 is 9.84 Å². The van der Waals surface area contributed by atoms with Gasteiger partial charge in [0, 0.05) is 7.05 Å². The number of aromatic nitrogens is 2. The van der Waals surface area contributed by atoms with E-state index in [2.05, 4.69) is 4.98 Å². The Balaban J connectivity index is 2.23. The quantitative estimate of drug-likeness (QED) is 0.741. The van der Waals surface area contributed by atoms with Crippen molar-refractivity contribution in [1.82, 2.24) is 9.55 Å². The highest BCUT2D eigenvalue weighted by atomic mass is 16.5. The highest BCUT2D eigenvalue weighted by Crippen LogP contribution is 2.02. The molecule has 0 aliphatic carbocycles. The molecule has 1 N–H and O–H groups in total. The highest BCUT2D eigenvalue weighted by molar-refractivity contribution is 5.51. The zero-order chi connectivity index (χ0) is 18.4. The van der Waals surface area contributed by atoms with E-state index in [0.29, 0.717) is 11.2 Å². The molecule has 0 fully saturated rings. The van der Waals surface area contributed by atoms with Crippen molar-refractivity contribution in [3.63, 3.8) is 0 Å². The van der Waals surface area contributed by atoms with Crippen LogP contribution >= 0.6 is 0 Å². The molecule has 2 aromatic carbocycles. The van der Waals surface area contributed by atoms with Crippen molar-refractivity contribution in [3.8, 4) is 5.88 Å². The molecule has 0 atom stereocenters. The van der Waals surface area contributed by atoms with Crippen molar-refractivity contribution in [2.24, 2.45) is 7.05 Å². The summed E-state index contributed by atoms with van der Waals surface area (Å²) >= 11 is 0. The van der Waals surface area contributed by atoms with E-state index in [-0.39, 0.29) is 24.1 Å². The molecule has 0 saturated carbocycles. The van der Waals surface area contributed by atoms with Gasteiger partial charge in [-0.1, -0.05) is 60.7 Å². The van der Waals surface area contributed by atoms with Crippen LogP contribution in [0.15, 0.2) is 65.5 Å². The lowest BCUT2D eigenvalue weighted by Gasteiger charge is -2.08. The highest BCUT2D eigenvalue weighted by Gasteiger charge is 2.07. The molecule has 0 amide bonds. The van der Waals surface area contributed by atoms with Crippen LogP contribution in [0.3, 0.4) is 0 Å². The van der Waals surface area contributed by atoms with Crippen molar-refractivity contribution in [2.45, 2.75) is 0 Å². The van der Waals surface area contributed by atoms with Gasteiger partial charge in [-0.05, 0) is 23.3 Å². The molecule has 0 bridgehead atoms. The Kier molecular flexibility index (Phi) is 5.61. The molecule has 3 aromatic rings. The van der Waals surface area contributed by atoms with E-state index in [4.69, 9.17) is 9.84 Å². The number of ether oxygens (including phenoxy) is 1. The fraction of sp³-hybridized carbons (Fsp3) is 0.143. The number of aliphatic hydroxyl groups excluding tert-OH is 1. The molecule has 1 heterocycles. The predicted molar refractivity (Wildman–Crippen MR) is 101 cm³/mol. The van der Waals surface area contributed by atoms with Gasteiger partial charge in [0.15, 0.2) is 0 Å². The van der Waals surface area contributed by atoms with Crippen LogP contribution in [0.5, 0.6) is 5.88 Å². The van der Waals surface area contributed by atoms with Crippen LogP contribution in [-0.4, -0.2) is 27.9 Å². The zero-order valence-electron chi connectivity index (χ0n) is 14.5. The van der Waals surface area contributed by atoms with Crippen molar-refractivity contribution in [2.75, 3.05) is 13.2 Å². The zero-order valence-corrected chi connectivity index (χ0v) is 14.5. The van der Waals surface area contributed by atoms with Crippen LogP contribution in [0.1, 0.15) is 11.1 Å². The van der Waals surface area contributed by atoms with Gasteiger partial charge >= 0.3 is 0 Å². The van der Waals surface area contributed by atoms with Gasteiger partial charge < -0.3 is 14.4 Å². The molecular formula is C21H20N2O3. The summed E-state index contributed by atoms with van der Waals surface area (Å²) in [6, 6.07) is 19.2. The largest absolute Gasteiger partial charge is 0.474 e. The number of benzene rings is 2. The number of hydrogen-bond donors (Lipinski definition) is 1. The Hall–Kier alpha value is -3.18. The maximum Gasteiger partial charge on any atom is 0.276 e. The number of nitrogens with zero attached hydrogens (tertiary/aromatic N) is 2. The third-order valence-corrected chi connectivity index (χ3v) is 3.86. The maximum atomic E-state index is 12.8. The minimum Gasteiger partial charge on any atom is -0.474 e. The minimum atomic E-state index is -0.215.